The second-order valence-corrected chi connectivity index (χ2v) is 9.23. The molecule has 0 atom stereocenters. The first-order valence-electron chi connectivity index (χ1n) is 11.6. The van der Waals surface area contributed by atoms with Crippen LogP contribution in [0.5, 0.6) is 17.2 Å². The van der Waals surface area contributed by atoms with Gasteiger partial charge in [-0.1, -0.05) is 0 Å². The molecular formula is C26H27F2N3O5. The van der Waals surface area contributed by atoms with E-state index in [2.05, 4.69) is 11.1 Å². The molecule has 0 spiro atoms. The smallest absolute Gasteiger partial charge is 0.387 e. The maximum atomic E-state index is 13.3. The fourth-order valence-corrected chi connectivity index (χ4v) is 4.09. The molecular weight excluding hydrogens is 472 g/mol. The summed E-state index contributed by atoms with van der Waals surface area (Å²) in [5.41, 5.74) is 1.10. The van der Waals surface area contributed by atoms with Gasteiger partial charge < -0.3 is 19.3 Å². The Labute approximate surface area is 207 Å². The van der Waals surface area contributed by atoms with E-state index in [0.717, 1.165) is 12.8 Å². The first-order valence-corrected chi connectivity index (χ1v) is 11.6. The Hall–Kier alpha value is -3.71. The first-order chi connectivity index (χ1) is 17.2. The molecule has 1 aliphatic rings. The van der Waals surface area contributed by atoms with E-state index in [1.807, 2.05) is 0 Å². The monoisotopic (exact) mass is 499 g/mol. The molecule has 2 aromatic heterocycles. The third-order valence-electron chi connectivity index (χ3n) is 6.16. The quantitative estimate of drug-likeness (QED) is 0.379. The predicted molar refractivity (Wildman–Crippen MR) is 127 cm³/mol. The average Bonchev–Trinajstić information content (AvgIpc) is 3.56. The number of carbonyl (C=O) groups is 1. The van der Waals surface area contributed by atoms with E-state index in [-0.39, 0.29) is 48.4 Å². The minimum Gasteiger partial charge on any atom is -0.496 e. The molecule has 1 fully saturated rings. The molecule has 190 valence electrons. The van der Waals surface area contributed by atoms with Crippen molar-refractivity contribution < 1.29 is 32.9 Å². The fraction of sp³-hybridized carbons (Fsp3) is 0.423. The molecule has 4 rings (SSSR count). The molecule has 0 aliphatic heterocycles. The number of alkyl halides is 2. The number of benzene rings is 1. The molecule has 0 unspecified atom stereocenters. The predicted octanol–water partition coefficient (Wildman–Crippen LogP) is 4.77. The molecule has 0 radical (unpaired) electrons. The van der Waals surface area contributed by atoms with Crippen LogP contribution in [0.3, 0.4) is 0 Å². The van der Waals surface area contributed by atoms with Crippen LogP contribution in [0.25, 0.3) is 16.9 Å². The zero-order valence-corrected chi connectivity index (χ0v) is 20.3. The van der Waals surface area contributed by atoms with Gasteiger partial charge in [0, 0.05) is 17.5 Å². The number of ketones is 1. The number of methoxy groups -OCH3 is 1. The Kier molecular flexibility index (Phi) is 7.13. The Morgan fingerprint density at radius 2 is 2.00 bits per heavy atom. The summed E-state index contributed by atoms with van der Waals surface area (Å²) in [7, 11) is 1.37. The van der Waals surface area contributed by atoms with Crippen molar-refractivity contribution in [3.8, 4) is 34.6 Å². The third-order valence-corrected chi connectivity index (χ3v) is 6.16. The highest BCUT2D eigenvalue weighted by atomic mass is 19.3. The second kappa shape index (κ2) is 10.1. The summed E-state index contributed by atoms with van der Waals surface area (Å²) < 4.78 is 44.2. The summed E-state index contributed by atoms with van der Waals surface area (Å²) in [4.78, 5) is 17.3. The fourth-order valence-electron chi connectivity index (χ4n) is 4.09. The number of rotatable bonds is 11. The Balaban J connectivity index is 1.87. The van der Waals surface area contributed by atoms with Gasteiger partial charge in [0.1, 0.15) is 35.1 Å². The molecule has 8 nitrogen and oxygen atoms in total. The van der Waals surface area contributed by atoms with Crippen LogP contribution in [-0.2, 0) is 5.41 Å². The summed E-state index contributed by atoms with van der Waals surface area (Å²) >= 11 is 0. The van der Waals surface area contributed by atoms with E-state index in [0.29, 0.717) is 28.2 Å². The van der Waals surface area contributed by atoms with Crippen molar-refractivity contribution in [2.75, 3.05) is 20.3 Å². The number of carbonyl (C=O) groups excluding carboxylic acids is 1. The zero-order chi connectivity index (χ0) is 26.0. The summed E-state index contributed by atoms with van der Waals surface area (Å²) in [6.07, 6.45) is 5.29. The highest BCUT2D eigenvalue weighted by molar-refractivity contribution is 6.02. The van der Waals surface area contributed by atoms with Crippen LogP contribution in [0.15, 0.2) is 30.6 Å². The van der Waals surface area contributed by atoms with E-state index in [1.54, 1.807) is 42.8 Å². The number of aliphatic hydroxyl groups is 1. The number of nitriles is 1. The van der Waals surface area contributed by atoms with Crippen molar-refractivity contribution in [1.29, 1.82) is 5.26 Å². The van der Waals surface area contributed by atoms with Gasteiger partial charge in [-0.25, -0.2) is 4.98 Å². The third kappa shape index (κ3) is 5.11. The van der Waals surface area contributed by atoms with Crippen molar-refractivity contribution >= 4 is 11.4 Å². The van der Waals surface area contributed by atoms with Gasteiger partial charge in [0.15, 0.2) is 5.78 Å². The van der Waals surface area contributed by atoms with Crippen LogP contribution in [0, 0.1) is 17.2 Å². The van der Waals surface area contributed by atoms with Crippen LogP contribution in [0.4, 0.5) is 8.78 Å². The number of aliphatic hydroxyl groups excluding tert-OH is 1. The lowest BCUT2D eigenvalue weighted by atomic mass is 9.86. The van der Waals surface area contributed by atoms with Crippen molar-refractivity contribution in [1.82, 2.24) is 9.38 Å². The number of fused-ring (bicyclic) bond motifs is 1. The molecule has 1 saturated carbocycles. The van der Waals surface area contributed by atoms with Gasteiger partial charge in [-0.3, -0.25) is 9.20 Å². The molecule has 0 bridgehead atoms. The first kappa shape index (κ1) is 25.4. The average molecular weight is 500 g/mol. The van der Waals surface area contributed by atoms with E-state index in [1.165, 1.54) is 13.2 Å². The molecule has 10 heteroatoms. The molecule has 1 aromatic carbocycles. The highest BCUT2D eigenvalue weighted by Gasteiger charge is 2.30. The van der Waals surface area contributed by atoms with Crippen molar-refractivity contribution in [3.05, 3.63) is 41.7 Å². The molecule has 0 amide bonds. The molecule has 36 heavy (non-hydrogen) atoms. The maximum absolute atomic E-state index is 13.3. The summed E-state index contributed by atoms with van der Waals surface area (Å²) in [5, 5.41) is 18.9. The van der Waals surface area contributed by atoms with Crippen LogP contribution in [-0.4, -0.2) is 47.2 Å². The van der Waals surface area contributed by atoms with Crippen LogP contribution in [0.2, 0.25) is 0 Å². The standard InChI is InChI=1S/C26H27F2N3O5/c1-26(2,14-29)17-11-23-30-12-18(31(23)13-22(17)35-7-6-32)16-9-20(34-3)24(19(33)8-15-4-5-15)21(10-16)36-25(27)28/h9-13,15,25,32H,4-8H2,1-3H3. The number of pyridine rings is 1. The van der Waals surface area contributed by atoms with E-state index in [9.17, 15) is 23.9 Å². The molecule has 1 aliphatic carbocycles. The molecule has 2 heterocycles. The van der Waals surface area contributed by atoms with Crippen LogP contribution < -0.4 is 14.2 Å². The lowest BCUT2D eigenvalue weighted by Crippen LogP contribution is -2.17. The highest BCUT2D eigenvalue weighted by Crippen LogP contribution is 2.41. The van der Waals surface area contributed by atoms with Crippen molar-refractivity contribution in [3.63, 3.8) is 0 Å². The second-order valence-electron chi connectivity index (χ2n) is 9.23. The number of nitrogens with zero attached hydrogens (tertiary/aromatic N) is 3. The van der Waals surface area contributed by atoms with Crippen molar-refractivity contribution in [2.24, 2.45) is 5.92 Å². The van der Waals surface area contributed by atoms with Gasteiger partial charge in [0.2, 0.25) is 0 Å². The summed E-state index contributed by atoms with van der Waals surface area (Å²) in [5.74, 6) is 0.179. The molecule has 1 N–H and O–H groups in total. The topological polar surface area (TPSA) is 106 Å². The van der Waals surface area contributed by atoms with Crippen LogP contribution >= 0.6 is 0 Å². The number of hydrogen-bond acceptors (Lipinski definition) is 7. The van der Waals surface area contributed by atoms with Gasteiger partial charge in [-0.15, -0.1) is 0 Å². The summed E-state index contributed by atoms with van der Waals surface area (Å²) in [6, 6.07) is 6.91. The van der Waals surface area contributed by atoms with Gasteiger partial charge in [-0.2, -0.15) is 14.0 Å². The van der Waals surface area contributed by atoms with Crippen molar-refractivity contribution in [2.45, 2.75) is 45.1 Å². The van der Waals surface area contributed by atoms with Gasteiger partial charge in [-0.05, 0) is 50.8 Å². The minimum atomic E-state index is -3.13. The number of imidazole rings is 1. The number of halogens is 2. The zero-order valence-electron chi connectivity index (χ0n) is 20.3. The number of aromatic nitrogens is 2. The van der Waals surface area contributed by atoms with E-state index < -0.39 is 12.0 Å². The number of Topliss-reactive ketones (excluding diaryl/α,β-unsaturated/α-hetero) is 1. The molecule has 3 aromatic rings. The van der Waals surface area contributed by atoms with Gasteiger partial charge >= 0.3 is 6.61 Å². The maximum Gasteiger partial charge on any atom is 0.387 e. The molecule has 0 saturated heterocycles. The van der Waals surface area contributed by atoms with Crippen LogP contribution in [0.1, 0.15) is 49.0 Å². The number of hydrogen-bond donors (Lipinski definition) is 1. The Bertz CT molecular complexity index is 1330. The Morgan fingerprint density at radius 3 is 2.61 bits per heavy atom. The van der Waals surface area contributed by atoms with E-state index in [4.69, 9.17) is 14.2 Å². The van der Waals surface area contributed by atoms with Gasteiger partial charge in [0.05, 0.1) is 43.3 Å². The lowest BCUT2D eigenvalue weighted by Gasteiger charge is -2.21. The largest absolute Gasteiger partial charge is 0.496 e. The SMILES string of the molecule is COc1cc(-c2cnc3cc(C(C)(C)C#N)c(OCCO)cn23)cc(OC(F)F)c1C(=O)CC1CC1. The normalized spacial score (nSPS) is 13.6. The van der Waals surface area contributed by atoms with Gasteiger partial charge in [0.25, 0.3) is 0 Å². The lowest BCUT2D eigenvalue weighted by molar-refractivity contribution is -0.0502. The minimum absolute atomic E-state index is 0.00713. The Morgan fingerprint density at radius 1 is 1.28 bits per heavy atom. The van der Waals surface area contributed by atoms with E-state index >= 15 is 0 Å². The number of ether oxygens (including phenoxy) is 3. The summed E-state index contributed by atoms with van der Waals surface area (Å²) in [6.45, 7) is 0.148.